The Kier molecular flexibility index (Phi) is 3.77. The molecule has 0 fully saturated rings. The van der Waals surface area contributed by atoms with Crippen LogP contribution in [0.3, 0.4) is 0 Å². The van der Waals surface area contributed by atoms with E-state index in [9.17, 15) is 8.42 Å². The number of nitrogens with zero attached hydrogens (tertiary/aromatic N) is 1. The summed E-state index contributed by atoms with van der Waals surface area (Å²) >= 11 is 3.43. The van der Waals surface area contributed by atoms with Gasteiger partial charge in [0.25, 0.3) is 0 Å². The molecule has 0 unspecified atom stereocenters. The quantitative estimate of drug-likeness (QED) is 0.907. The summed E-state index contributed by atoms with van der Waals surface area (Å²) in [6.45, 7) is 1.70. The van der Waals surface area contributed by atoms with Gasteiger partial charge in [0, 0.05) is 23.2 Å². The molecule has 0 radical (unpaired) electrons. The highest BCUT2D eigenvalue weighted by atomic mass is 79.9. The molecule has 1 heterocycles. The van der Waals surface area contributed by atoms with Crippen LogP contribution in [0.15, 0.2) is 51.8 Å². The molecule has 110 valence electrons. The number of hydrogen-bond donors (Lipinski definition) is 1. The number of rotatable bonds is 3. The Morgan fingerprint density at radius 1 is 1.14 bits per heavy atom. The Balaban J connectivity index is 1.85. The molecule has 0 spiro atoms. The van der Waals surface area contributed by atoms with Crippen molar-refractivity contribution in [2.75, 3.05) is 11.4 Å². The summed E-state index contributed by atoms with van der Waals surface area (Å²) in [5.74, 6) is 0. The smallest absolute Gasteiger partial charge is 0.238 e. The SMILES string of the molecule is NS(=O)(=O)c1ccc2c(c1)CCN2Cc1ccc(Br)cc1. The Morgan fingerprint density at radius 3 is 2.52 bits per heavy atom. The molecule has 2 aromatic rings. The molecule has 0 aliphatic carbocycles. The molecule has 0 aromatic heterocycles. The summed E-state index contributed by atoms with van der Waals surface area (Å²) in [6.07, 6.45) is 0.842. The van der Waals surface area contributed by atoms with E-state index >= 15 is 0 Å². The third-order valence-electron chi connectivity index (χ3n) is 3.66. The summed E-state index contributed by atoms with van der Waals surface area (Å²) in [5.41, 5.74) is 3.35. The lowest BCUT2D eigenvalue weighted by Crippen LogP contribution is -2.19. The van der Waals surface area contributed by atoms with E-state index in [0.717, 1.165) is 35.2 Å². The second kappa shape index (κ2) is 5.44. The molecule has 0 bridgehead atoms. The van der Waals surface area contributed by atoms with E-state index in [1.165, 1.54) is 5.56 Å². The minimum atomic E-state index is -3.63. The van der Waals surface area contributed by atoms with E-state index in [0.29, 0.717) is 0 Å². The lowest BCUT2D eigenvalue weighted by Gasteiger charge is -2.19. The van der Waals surface area contributed by atoms with Gasteiger partial charge in [0.15, 0.2) is 0 Å². The molecule has 3 rings (SSSR count). The Labute approximate surface area is 132 Å². The summed E-state index contributed by atoms with van der Waals surface area (Å²) in [7, 11) is -3.63. The average molecular weight is 367 g/mol. The predicted molar refractivity (Wildman–Crippen MR) is 86.7 cm³/mol. The van der Waals surface area contributed by atoms with Crippen molar-refractivity contribution < 1.29 is 8.42 Å². The molecule has 2 N–H and O–H groups in total. The second-order valence-electron chi connectivity index (χ2n) is 5.13. The van der Waals surface area contributed by atoms with Crippen molar-refractivity contribution in [1.82, 2.24) is 0 Å². The Bertz CT molecular complexity index is 773. The number of hydrogen-bond acceptors (Lipinski definition) is 3. The van der Waals surface area contributed by atoms with Gasteiger partial charge < -0.3 is 4.90 Å². The van der Waals surface area contributed by atoms with Crippen LogP contribution in [-0.4, -0.2) is 15.0 Å². The molecule has 6 heteroatoms. The standard InChI is InChI=1S/C15H15BrN2O2S/c16-13-3-1-11(2-4-13)10-18-8-7-12-9-14(21(17,19)20)5-6-15(12)18/h1-6,9H,7-8,10H2,(H2,17,19,20). The van der Waals surface area contributed by atoms with Gasteiger partial charge in [0.1, 0.15) is 0 Å². The molecule has 0 saturated carbocycles. The summed E-state index contributed by atoms with van der Waals surface area (Å²) in [5, 5.41) is 5.18. The molecule has 4 nitrogen and oxygen atoms in total. The number of halogens is 1. The average Bonchev–Trinajstić information content (AvgIpc) is 2.83. The minimum Gasteiger partial charge on any atom is -0.367 e. The van der Waals surface area contributed by atoms with E-state index in [-0.39, 0.29) is 4.90 Å². The monoisotopic (exact) mass is 366 g/mol. The number of nitrogens with two attached hydrogens (primary N) is 1. The fourth-order valence-corrected chi connectivity index (χ4v) is 3.43. The maximum Gasteiger partial charge on any atom is 0.238 e. The summed E-state index contributed by atoms with van der Waals surface area (Å²) in [6, 6.07) is 13.3. The molecule has 2 aromatic carbocycles. The first-order valence-corrected chi connectivity index (χ1v) is 8.92. The molecular weight excluding hydrogens is 352 g/mol. The Morgan fingerprint density at radius 2 is 1.86 bits per heavy atom. The molecule has 1 aliphatic rings. The highest BCUT2D eigenvalue weighted by molar-refractivity contribution is 9.10. The first-order valence-electron chi connectivity index (χ1n) is 6.58. The number of fused-ring (bicyclic) bond motifs is 1. The number of anilines is 1. The third-order valence-corrected chi connectivity index (χ3v) is 5.10. The maximum absolute atomic E-state index is 11.4. The molecule has 0 saturated heterocycles. The molecule has 0 atom stereocenters. The van der Waals surface area contributed by atoms with Crippen molar-refractivity contribution in [2.45, 2.75) is 17.9 Å². The lowest BCUT2D eigenvalue weighted by molar-refractivity contribution is 0.597. The third kappa shape index (κ3) is 3.12. The van der Waals surface area contributed by atoms with Gasteiger partial charge in [-0.05, 0) is 47.9 Å². The van der Waals surface area contributed by atoms with Crippen LogP contribution in [0.5, 0.6) is 0 Å². The van der Waals surface area contributed by atoms with Crippen molar-refractivity contribution in [3.63, 3.8) is 0 Å². The van der Waals surface area contributed by atoms with Crippen LogP contribution in [-0.2, 0) is 23.0 Å². The fraction of sp³-hybridized carbons (Fsp3) is 0.200. The molecule has 1 aliphatic heterocycles. The Hall–Kier alpha value is -1.37. The normalized spacial score (nSPS) is 14.3. The largest absolute Gasteiger partial charge is 0.367 e. The van der Waals surface area contributed by atoms with Gasteiger partial charge in [-0.3, -0.25) is 0 Å². The zero-order valence-corrected chi connectivity index (χ0v) is 13.7. The number of benzene rings is 2. The van der Waals surface area contributed by atoms with Crippen LogP contribution < -0.4 is 10.0 Å². The summed E-state index contributed by atoms with van der Waals surface area (Å²) < 4.78 is 23.9. The van der Waals surface area contributed by atoms with Gasteiger partial charge in [-0.15, -0.1) is 0 Å². The van der Waals surface area contributed by atoms with Crippen LogP contribution in [0.4, 0.5) is 5.69 Å². The van der Waals surface area contributed by atoms with E-state index in [1.54, 1.807) is 12.1 Å². The van der Waals surface area contributed by atoms with Crippen molar-refractivity contribution in [3.8, 4) is 0 Å². The minimum absolute atomic E-state index is 0.187. The van der Waals surface area contributed by atoms with Crippen molar-refractivity contribution in [3.05, 3.63) is 58.1 Å². The van der Waals surface area contributed by atoms with E-state index in [2.05, 4.69) is 33.0 Å². The highest BCUT2D eigenvalue weighted by Gasteiger charge is 2.21. The van der Waals surface area contributed by atoms with E-state index < -0.39 is 10.0 Å². The zero-order chi connectivity index (χ0) is 15.0. The zero-order valence-electron chi connectivity index (χ0n) is 11.3. The van der Waals surface area contributed by atoms with Crippen LogP contribution in [0.25, 0.3) is 0 Å². The first-order chi connectivity index (χ1) is 9.93. The maximum atomic E-state index is 11.4. The van der Waals surface area contributed by atoms with Crippen LogP contribution in [0.2, 0.25) is 0 Å². The van der Waals surface area contributed by atoms with Gasteiger partial charge in [0.2, 0.25) is 10.0 Å². The highest BCUT2D eigenvalue weighted by Crippen LogP contribution is 2.31. The van der Waals surface area contributed by atoms with Gasteiger partial charge in [-0.1, -0.05) is 28.1 Å². The van der Waals surface area contributed by atoms with Gasteiger partial charge in [-0.25, -0.2) is 13.6 Å². The van der Waals surface area contributed by atoms with Gasteiger partial charge in [-0.2, -0.15) is 0 Å². The molecular formula is C15H15BrN2O2S. The van der Waals surface area contributed by atoms with Crippen molar-refractivity contribution in [1.29, 1.82) is 0 Å². The molecule has 0 amide bonds. The first kappa shape index (κ1) is 14.6. The second-order valence-corrected chi connectivity index (χ2v) is 7.61. The van der Waals surface area contributed by atoms with Crippen LogP contribution >= 0.6 is 15.9 Å². The number of sulfonamides is 1. The lowest BCUT2D eigenvalue weighted by atomic mass is 10.1. The summed E-state index contributed by atoms with van der Waals surface area (Å²) in [4.78, 5) is 2.44. The number of primary sulfonamides is 1. The van der Waals surface area contributed by atoms with E-state index in [4.69, 9.17) is 5.14 Å². The van der Waals surface area contributed by atoms with Gasteiger partial charge in [0.05, 0.1) is 4.90 Å². The van der Waals surface area contributed by atoms with Crippen LogP contribution in [0.1, 0.15) is 11.1 Å². The van der Waals surface area contributed by atoms with Crippen molar-refractivity contribution in [2.24, 2.45) is 5.14 Å². The van der Waals surface area contributed by atoms with Crippen molar-refractivity contribution >= 4 is 31.6 Å². The van der Waals surface area contributed by atoms with E-state index in [1.807, 2.05) is 18.2 Å². The fourth-order valence-electron chi connectivity index (χ4n) is 2.60. The van der Waals surface area contributed by atoms with Crippen LogP contribution in [0, 0.1) is 0 Å². The van der Waals surface area contributed by atoms with Gasteiger partial charge >= 0.3 is 0 Å². The molecule has 21 heavy (non-hydrogen) atoms. The predicted octanol–water partition coefficient (Wildman–Crippen LogP) is 2.66. The topological polar surface area (TPSA) is 63.4 Å².